The van der Waals surface area contributed by atoms with Gasteiger partial charge in [0.1, 0.15) is 0 Å². The van der Waals surface area contributed by atoms with Crippen LogP contribution in [0.15, 0.2) is 97.6 Å². The Balaban J connectivity index is 0.642. The molecule has 4 heterocycles. The first-order chi connectivity index (χ1) is 39.6. The number of halogens is 4. The second-order valence-electron chi connectivity index (χ2n) is 20.3. The summed E-state index contributed by atoms with van der Waals surface area (Å²) in [5.74, 6) is -3.29. The van der Waals surface area contributed by atoms with E-state index >= 15 is 0 Å². The van der Waals surface area contributed by atoms with Gasteiger partial charge in [0, 0.05) is 101 Å². The topological polar surface area (TPSA) is 236 Å². The van der Waals surface area contributed by atoms with Crippen molar-refractivity contribution in [1.29, 1.82) is 0 Å². The van der Waals surface area contributed by atoms with Crippen molar-refractivity contribution in [1.82, 2.24) is 50.6 Å². The van der Waals surface area contributed by atoms with Crippen LogP contribution in [0.5, 0.6) is 0 Å². The zero-order valence-corrected chi connectivity index (χ0v) is 48.7. The Kier molecular flexibility index (Phi) is 22.4. The Morgan fingerprint density at radius 2 is 1.01 bits per heavy atom. The summed E-state index contributed by atoms with van der Waals surface area (Å²) in [4.78, 5) is 54.0. The molecule has 6 aromatic rings. The highest BCUT2D eigenvalue weighted by Crippen LogP contribution is 2.41. The number of nitrogens with zero attached hydrogens (tertiary/aromatic N) is 6. The SMILES string of the molecule is CN1Cc2c(Cl)cc(Cl)cc2[C@H](c2cccc(-c3cnn(CCOCCOCCNC(=O)NCCCC(NC(=O)NCCOCCOCCn4cc(-c5cccc([C@@H]6CN(C)Cc7c(Cl)cc(Cl)cc76)c5)cn4)(C(=O)O)C(=O)O)c3)c2)C1. The summed E-state index contributed by atoms with van der Waals surface area (Å²) >= 11 is 26.0. The van der Waals surface area contributed by atoms with Crippen molar-refractivity contribution in [2.45, 2.75) is 56.4 Å². The summed E-state index contributed by atoms with van der Waals surface area (Å²) in [6.45, 7) is 6.49. The van der Waals surface area contributed by atoms with Gasteiger partial charge < -0.3 is 60.2 Å². The lowest BCUT2D eigenvalue weighted by molar-refractivity contribution is -0.158. The van der Waals surface area contributed by atoms with Gasteiger partial charge in [-0.2, -0.15) is 10.2 Å². The van der Waals surface area contributed by atoms with E-state index in [0.717, 1.165) is 76.3 Å². The molecule has 0 aliphatic carbocycles. The fourth-order valence-electron chi connectivity index (χ4n) is 10.2. The molecule has 0 saturated heterocycles. The van der Waals surface area contributed by atoms with Gasteiger partial charge in [0.15, 0.2) is 0 Å². The highest BCUT2D eigenvalue weighted by atomic mass is 35.5. The van der Waals surface area contributed by atoms with Crippen LogP contribution in [0.2, 0.25) is 20.1 Å². The number of rotatable bonds is 29. The van der Waals surface area contributed by atoms with E-state index < -0.39 is 36.0 Å². The number of aromatic nitrogens is 4. The number of nitrogens with one attached hydrogen (secondary N) is 4. The maximum atomic E-state index is 12.7. The van der Waals surface area contributed by atoms with Crippen LogP contribution in [0, 0.1) is 0 Å². The smallest absolute Gasteiger partial charge is 0.341 e. The Morgan fingerprint density at radius 1 is 0.573 bits per heavy atom. The second kappa shape index (κ2) is 29.8. The maximum absolute atomic E-state index is 12.7. The lowest BCUT2D eigenvalue weighted by atomic mass is 9.84. The molecule has 2 aliphatic rings. The number of benzene rings is 4. The molecular weight excluding hydrogens is 1140 g/mol. The standard InChI is InChI=1S/C58H68Cl4N10O10/c1-69-34-48(46-26-44(59)28-52(61)50(46)36-69)40-8-3-6-38(24-40)42-30-66-71(32-42)14-18-81-22-20-79-16-12-64-56(77)63-11-5-10-58(54(73)74,55(75)76)68-57(78)65-13-17-80-21-23-82-19-15-72-33-43(31-67-72)39-7-4-9-41(25-39)49-35-70(2)37-51-47(49)27-45(60)29-53(51)62/h3-4,6-9,24-33,48-49H,5,10-23,34-37H2,1-2H3,(H,73,74)(H,75,76)(H2,63,64,77)(H2,65,68,78)/t48-,49-/m0/s1. The molecule has 0 fully saturated rings. The molecule has 6 N–H and O–H groups in total. The number of carboxylic acids is 2. The molecule has 0 radical (unpaired) electrons. The summed E-state index contributed by atoms with van der Waals surface area (Å²) in [6, 6.07) is 22.9. The number of fused-ring (bicyclic) bond motifs is 2. The van der Waals surface area contributed by atoms with Gasteiger partial charge >= 0.3 is 24.0 Å². The quantitative estimate of drug-likeness (QED) is 0.0192. The summed E-state index contributed by atoms with van der Waals surface area (Å²) in [5.41, 5.74) is 8.23. The van der Waals surface area contributed by atoms with E-state index in [1.54, 1.807) is 16.8 Å². The third kappa shape index (κ3) is 16.7. The maximum Gasteiger partial charge on any atom is 0.341 e. The number of likely N-dealkylation sites (N-methyl/N-ethyl adjacent to an activating group) is 2. The summed E-state index contributed by atoms with van der Waals surface area (Å²) in [7, 11) is 4.18. The molecule has 20 nitrogen and oxygen atoms in total. The molecule has 0 unspecified atom stereocenters. The number of carbonyl (C=O) groups excluding carboxylic acids is 2. The zero-order chi connectivity index (χ0) is 58.2. The first-order valence-corrected chi connectivity index (χ1v) is 28.5. The number of urea groups is 2. The Bertz CT molecular complexity index is 3150. The number of hydrogen-bond donors (Lipinski definition) is 6. The number of ether oxygens (including phenoxy) is 4. The lowest BCUT2D eigenvalue weighted by Gasteiger charge is -2.33. The average molecular weight is 1210 g/mol. The zero-order valence-electron chi connectivity index (χ0n) is 45.7. The fraction of sp³-hybridized carbons (Fsp3) is 0.414. The van der Waals surface area contributed by atoms with E-state index in [9.17, 15) is 29.4 Å². The van der Waals surface area contributed by atoms with E-state index in [4.69, 9.17) is 65.4 Å². The minimum absolute atomic E-state index is 0.0314. The second-order valence-corrected chi connectivity index (χ2v) is 22.0. The Labute approximate surface area is 496 Å². The first kappa shape index (κ1) is 61.8. The van der Waals surface area contributed by atoms with Gasteiger partial charge in [0.2, 0.25) is 5.54 Å². The molecule has 82 heavy (non-hydrogen) atoms. The Hall–Kier alpha value is -6.30. The minimum atomic E-state index is -2.64. The van der Waals surface area contributed by atoms with Crippen molar-refractivity contribution in [3.8, 4) is 22.3 Å². The van der Waals surface area contributed by atoms with Crippen LogP contribution in [0.25, 0.3) is 22.3 Å². The molecule has 438 valence electrons. The summed E-state index contributed by atoms with van der Waals surface area (Å²) in [5, 5.41) is 41.1. The molecule has 4 aromatic carbocycles. The molecule has 8 rings (SSSR count). The fourth-order valence-corrected chi connectivity index (χ4v) is 11.3. The molecule has 0 saturated carbocycles. The first-order valence-electron chi connectivity index (χ1n) is 27.0. The number of amides is 4. The predicted molar refractivity (Wildman–Crippen MR) is 313 cm³/mol. The van der Waals surface area contributed by atoms with Crippen LogP contribution in [0.1, 0.15) is 58.1 Å². The minimum Gasteiger partial charge on any atom is -0.479 e. The molecule has 0 spiro atoms. The van der Waals surface area contributed by atoms with E-state index in [-0.39, 0.29) is 64.3 Å². The van der Waals surface area contributed by atoms with Gasteiger partial charge in [0.25, 0.3) is 0 Å². The van der Waals surface area contributed by atoms with Gasteiger partial charge in [-0.1, -0.05) is 94.9 Å². The van der Waals surface area contributed by atoms with Crippen LogP contribution in [-0.2, 0) is 54.7 Å². The molecule has 2 aliphatic heterocycles. The van der Waals surface area contributed by atoms with Crippen LogP contribution < -0.4 is 21.3 Å². The molecule has 2 aromatic heterocycles. The van der Waals surface area contributed by atoms with Gasteiger partial charge in [-0.05, 0) is 95.7 Å². The van der Waals surface area contributed by atoms with E-state index in [1.165, 1.54) is 5.56 Å². The van der Waals surface area contributed by atoms with Crippen molar-refractivity contribution in [3.05, 3.63) is 151 Å². The van der Waals surface area contributed by atoms with Crippen LogP contribution >= 0.6 is 46.4 Å². The monoisotopic (exact) mass is 1200 g/mol. The van der Waals surface area contributed by atoms with Crippen molar-refractivity contribution in [3.63, 3.8) is 0 Å². The number of hydrogen-bond acceptors (Lipinski definition) is 12. The molecule has 24 heteroatoms. The van der Waals surface area contributed by atoms with Crippen molar-refractivity contribution < 1.29 is 48.3 Å². The Morgan fingerprint density at radius 3 is 1.48 bits per heavy atom. The van der Waals surface area contributed by atoms with Crippen molar-refractivity contribution in [2.75, 3.05) is 99.7 Å². The predicted octanol–water partition coefficient (Wildman–Crippen LogP) is 8.24. The van der Waals surface area contributed by atoms with Crippen molar-refractivity contribution in [2.24, 2.45) is 0 Å². The van der Waals surface area contributed by atoms with Gasteiger partial charge in [-0.3, -0.25) is 9.36 Å². The number of carboxylic acid groups (broad SMARTS) is 2. The van der Waals surface area contributed by atoms with Gasteiger partial charge in [-0.15, -0.1) is 0 Å². The molecular formula is C58H68Cl4N10O10. The number of aliphatic carboxylic acids is 2. The highest BCUT2D eigenvalue weighted by molar-refractivity contribution is 6.35. The number of carbonyl (C=O) groups is 4. The van der Waals surface area contributed by atoms with Gasteiger partial charge in [0.05, 0.1) is 78.3 Å². The van der Waals surface area contributed by atoms with Gasteiger partial charge in [-0.25, -0.2) is 19.2 Å². The average Bonchev–Trinajstić information content (AvgIpc) is 3.46. The van der Waals surface area contributed by atoms with E-state index in [0.29, 0.717) is 59.6 Å². The highest BCUT2D eigenvalue weighted by Gasteiger charge is 2.47. The van der Waals surface area contributed by atoms with Crippen LogP contribution in [0.3, 0.4) is 0 Å². The molecule has 2 atom stereocenters. The van der Waals surface area contributed by atoms with E-state index in [2.05, 4.69) is 97.8 Å². The van der Waals surface area contributed by atoms with Crippen LogP contribution in [-0.4, -0.2) is 169 Å². The summed E-state index contributed by atoms with van der Waals surface area (Å²) in [6.07, 6.45) is 7.03. The largest absolute Gasteiger partial charge is 0.479 e. The van der Waals surface area contributed by atoms with Crippen molar-refractivity contribution >= 4 is 70.4 Å². The van der Waals surface area contributed by atoms with E-state index in [1.807, 2.05) is 47.7 Å². The molecule has 4 amide bonds. The summed E-state index contributed by atoms with van der Waals surface area (Å²) < 4.78 is 26.2. The third-order valence-electron chi connectivity index (χ3n) is 14.3. The van der Waals surface area contributed by atoms with Crippen LogP contribution in [0.4, 0.5) is 9.59 Å². The normalized spacial score (nSPS) is 15.4. The molecule has 0 bridgehead atoms. The third-order valence-corrected chi connectivity index (χ3v) is 15.4. The lowest BCUT2D eigenvalue weighted by Crippen LogP contribution is -2.62.